The molecule has 1 heterocycles. The molecule has 128 valence electrons. The molecule has 1 fully saturated rings. The molecule has 1 aliphatic heterocycles. The molecule has 0 saturated heterocycles. The first-order chi connectivity index (χ1) is 10.8. The van der Waals surface area contributed by atoms with Gasteiger partial charge in [0.1, 0.15) is 0 Å². The molecule has 0 amide bonds. The van der Waals surface area contributed by atoms with Gasteiger partial charge in [0.25, 0.3) is 0 Å². The number of rotatable bonds is 4. The Hall–Kier alpha value is -1.28. The fraction of sp³-hybridized carbons (Fsp3) is 0.600. The Kier molecular flexibility index (Phi) is 4.31. The first-order valence-corrected chi connectivity index (χ1v) is 11.3. The van der Waals surface area contributed by atoms with Crippen LogP contribution in [-0.2, 0) is 26.5 Å². The van der Waals surface area contributed by atoms with E-state index in [-0.39, 0.29) is 5.25 Å². The molecule has 8 heteroatoms. The summed E-state index contributed by atoms with van der Waals surface area (Å²) in [5, 5.41) is -0.314. The van der Waals surface area contributed by atoms with Crippen LogP contribution in [0.3, 0.4) is 0 Å². The second-order valence-electron chi connectivity index (χ2n) is 6.34. The lowest BCUT2D eigenvalue weighted by atomic mass is 10.0. The SMILES string of the molecule is CS(=O)(=O)N1CCCc2cc(NS(=O)(=O)C3CCCC3)ccc21. The molecule has 6 nitrogen and oxygen atoms in total. The van der Waals surface area contributed by atoms with Crippen LogP contribution in [0, 0.1) is 0 Å². The Labute approximate surface area is 138 Å². The molecule has 0 bridgehead atoms. The van der Waals surface area contributed by atoms with Crippen molar-refractivity contribution in [3.63, 3.8) is 0 Å². The molecule has 0 aromatic heterocycles. The van der Waals surface area contributed by atoms with E-state index in [1.54, 1.807) is 18.2 Å². The molecule has 0 radical (unpaired) electrons. The second-order valence-corrected chi connectivity index (χ2v) is 10.2. The summed E-state index contributed by atoms with van der Waals surface area (Å²) in [4.78, 5) is 0. The summed E-state index contributed by atoms with van der Waals surface area (Å²) in [6.07, 6.45) is 6.01. The Morgan fingerprint density at radius 2 is 1.78 bits per heavy atom. The van der Waals surface area contributed by atoms with Crippen LogP contribution in [0.2, 0.25) is 0 Å². The average molecular weight is 358 g/mol. The van der Waals surface area contributed by atoms with Crippen molar-refractivity contribution in [2.24, 2.45) is 0 Å². The molecule has 2 aliphatic rings. The van der Waals surface area contributed by atoms with Gasteiger partial charge < -0.3 is 0 Å². The zero-order chi connectivity index (χ0) is 16.7. The van der Waals surface area contributed by atoms with Gasteiger partial charge in [-0.15, -0.1) is 0 Å². The van der Waals surface area contributed by atoms with E-state index in [4.69, 9.17) is 0 Å². The summed E-state index contributed by atoms with van der Waals surface area (Å²) in [6.45, 7) is 0.471. The summed E-state index contributed by atoms with van der Waals surface area (Å²) >= 11 is 0. The van der Waals surface area contributed by atoms with E-state index in [9.17, 15) is 16.8 Å². The predicted molar refractivity (Wildman–Crippen MR) is 91.8 cm³/mol. The second kappa shape index (κ2) is 5.98. The van der Waals surface area contributed by atoms with Crippen molar-refractivity contribution in [3.8, 4) is 0 Å². The molecule has 0 unspecified atom stereocenters. The minimum atomic E-state index is -3.36. The smallest absolute Gasteiger partial charge is 0.235 e. The van der Waals surface area contributed by atoms with Crippen LogP contribution in [0.4, 0.5) is 11.4 Å². The van der Waals surface area contributed by atoms with Crippen LogP contribution in [0.1, 0.15) is 37.7 Å². The lowest BCUT2D eigenvalue weighted by molar-refractivity contribution is 0.584. The van der Waals surface area contributed by atoms with E-state index < -0.39 is 20.0 Å². The van der Waals surface area contributed by atoms with E-state index >= 15 is 0 Å². The molecular weight excluding hydrogens is 336 g/mol. The minimum Gasteiger partial charge on any atom is -0.283 e. The van der Waals surface area contributed by atoms with E-state index in [0.29, 0.717) is 30.8 Å². The largest absolute Gasteiger partial charge is 0.283 e. The highest BCUT2D eigenvalue weighted by atomic mass is 32.2. The topological polar surface area (TPSA) is 83.6 Å². The van der Waals surface area contributed by atoms with E-state index in [0.717, 1.165) is 31.2 Å². The maximum atomic E-state index is 12.4. The highest BCUT2D eigenvalue weighted by Crippen LogP contribution is 2.32. The summed E-state index contributed by atoms with van der Waals surface area (Å²) in [7, 11) is -6.67. The lowest BCUT2D eigenvalue weighted by Gasteiger charge is -2.29. The average Bonchev–Trinajstić information content (AvgIpc) is 3.00. The molecule has 0 spiro atoms. The predicted octanol–water partition coefficient (Wildman–Crippen LogP) is 2.08. The number of hydrogen-bond acceptors (Lipinski definition) is 4. The standard InChI is InChI=1S/C15H22N2O4S2/c1-22(18,19)17-10-4-5-12-11-13(8-9-15(12)17)16-23(20,21)14-6-2-3-7-14/h8-9,11,14,16H,2-7,10H2,1H3. The Morgan fingerprint density at radius 1 is 1.09 bits per heavy atom. The maximum Gasteiger partial charge on any atom is 0.235 e. The Balaban J connectivity index is 1.86. The van der Waals surface area contributed by atoms with Crippen LogP contribution in [0.25, 0.3) is 0 Å². The normalized spacial score (nSPS) is 19.6. The first-order valence-electron chi connectivity index (χ1n) is 7.90. The van der Waals surface area contributed by atoms with Crippen molar-refractivity contribution in [1.29, 1.82) is 0 Å². The number of benzene rings is 1. The third kappa shape index (κ3) is 3.47. The van der Waals surface area contributed by atoms with Crippen molar-refractivity contribution in [2.75, 3.05) is 21.8 Å². The summed E-state index contributed by atoms with van der Waals surface area (Å²) in [5.41, 5.74) is 2.04. The van der Waals surface area contributed by atoms with Gasteiger partial charge in [-0.3, -0.25) is 9.03 Å². The van der Waals surface area contributed by atoms with Crippen LogP contribution < -0.4 is 9.03 Å². The zero-order valence-electron chi connectivity index (χ0n) is 13.2. The molecule has 1 aromatic rings. The van der Waals surface area contributed by atoms with Crippen molar-refractivity contribution in [2.45, 2.75) is 43.8 Å². The third-order valence-electron chi connectivity index (χ3n) is 4.56. The minimum absolute atomic E-state index is 0.314. The number of sulfonamides is 2. The Bertz CT molecular complexity index is 797. The lowest BCUT2D eigenvalue weighted by Crippen LogP contribution is -2.34. The van der Waals surface area contributed by atoms with Gasteiger partial charge in [-0.05, 0) is 49.4 Å². The molecule has 1 aromatic carbocycles. The fourth-order valence-electron chi connectivity index (χ4n) is 3.42. The number of fused-ring (bicyclic) bond motifs is 1. The number of nitrogens with zero attached hydrogens (tertiary/aromatic N) is 1. The van der Waals surface area contributed by atoms with Crippen molar-refractivity contribution >= 4 is 31.4 Å². The van der Waals surface area contributed by atoms with Gasteiger partial charge in [0.05, 0.1) is 17.2 Å². The highest BCUT2D eigenvalue weighted by molar-refractivity contribution is 7.93. The van der Waals surface area contributed by atoms with Crippen LogP contribution in [0.5, 0.6) is 0 Å². The zero-order valence-corrected chi connectivity index (χ0v) is 14.8. The van der Waals surface area contributed by atoms with Gasteiger partial charge in [0.15, 0.2) is 0 Å². The molecule has 0 atom stereocenters. The maximum absolute atomic E-state index is 12.4. The van der Waals surface area contributed by atoms with E-state index in [1.165, 1.54) is 10.6 Å². The third-order valence-corrected chi connectivity index (χ3v) is 7.61. The van der Waals surface area contributed by atoms with Crippen LogP contribution in [0.15, 0.2) is 18.2 Å². The number of aryl methyl sites for hydroxylation is 1. The van der Waals surface area contributed by atoms with E-state index in [1.807, 2.05) is 0 Å². The highest BCUT2D eigenvalue weighted by Gasteiger charge is 2.29. The Morgan fingerprint density at radius 3 is 2.43 bits per heavy atom. The van der Waals surface area contributed by atoms with Crippen LogP contribution in [-0.4, -0.2) is 34.9 Å². The molecular formula is C15H22N2O4S2. The van der Waals surface area contributed by atoms with Gasteiger partial charge in [-0.2, -0.15) is 0 Å². The van der Waals surface area contributed by atoms with Crippen molar-refractivity contribution in [3.05, 3.63) is 23.8 Å². The van der Waals surface area contributed by atoms with Gasteiger partial charge >= 0.3 is 0 Å². The fourth-order valence-corrected chi connectivity index (χ4v) is 5.99. The molecule has 1 aliphatic carbocycles. The number of nitrogens with one attached hydrogen (secondary N) is 1. The summed E-state index contributed by atoms with van der Waals surface area (Å²) in [6, 6.07) is 5.11. The molecule has 1 saturated carbocycles. The molecule has 1 N–H and O–H groups in total. The quantitative estimate of drug-likeness (QED) is 0.893. The van der Waals surface area contributed by atoms with Crippen molar-refractivity contribution in [1.82, 2.24) is 0 Å². The van der Waals surface area contributed by atoms with Crippen LogP contribution >= 0.6 is 0 Å². The van der Waals surface area contributed by atoms with Gasteiger partial charge in [-0.1, -0.05) is 12.8 Å². The van der Waals surface area contributed by atoms with Gasteiger partial charge in [-0.25, -0.2) is 16.8 Å². The van der Waals surface area contributed by atoms with Gasteiger partial charge in [0.2, 0.25) is 20.0 Å². The van der Waals surface area contributed by atoms with Crippen molar-refractivity contribution < 1.29 is 16.8 Å². The number of anilines is 2. The molecule has 3 rings (SSSR count). The van der Waals surface area contributed by atoms with Gasteiger partial charge in [0, 0.05) is 12.2 Å². The summed E-state index contributed by atoms with van der Waals surface area (Å²) in [5.74, 6) is 0. The summed E-state index contributed by atoms with van der Waals surface area (Å²) < 4.78 is 52.5. The monoisotopic (exact) mass is 358 g/mol. The molecule has 23 heavy (non-hydrogen) atoms. The van der Waals surface area contributed by atoms with E-state index in [2.05, 4.69) is 4.72 Å². The first kappa shape index (κ1) is 16.6. The number of hydrogen-bond donors (Lipinski definition) is 1.